The molecule has 0 spiro atoms. The van der Waals surface area contributed by atoms with Gasteiger partial charge in [0.25, 0.3) is 0 Å². The second-order valence-electron chi connectivity index (χ2n) is 2.85. The van der Waals surface area contributed by atoms with Crippen LogP contribution < -0.4 is 0 Å². The van der Waals surface area contributed by atoms with Crippen molar-refractivity contribution in [2.24, 2.45) is 0 Å². The second-order valence-corrected chi connectivity index (χ2v) is 6.59. The van der Waals surface area contributed by atoms with Crippen LogP contribution in [0.15, 0.2) is 18.2 Å². The molecule has 3 heteroatoms. The van der Waals surface area contributed by atoms with E-state index in [2.05, 4.69) is 18.2 Å². The molecule has 0 N–H and O–H groups in total. The van der Waals surface area contributed by atoms with Crippen molar-refractivity contribution in [2.75, 3.05) is 0 Å². The van der Waals surface area contributed by atoms with Crippen LogP contribution >= 0.6 is 17.0 Å². The van der Waals surface area contributed by atoms with Gasteiger partial charge in [0, 0.05) is 0 Å². The molecule has 66 valence electrons. The number of halogens is 2. The molecule has 1 aromatic carbocycles. The van der Waals surface area contributed by atoms with E-state index >= 15 is 0 Å². The first kappa shape index (κ1) is 10.9. The van der Waals surface area contributed by atoms with E-state index in [1.165, 1.54) is 25.7 Å². The molecule has 0 fully saturated rings. The van der Waals surface area contributed by atoms with Gasteiger partial charge in [-0.25, -0.2) is 6.07 Å². The third kappa shape index (κ3) is 3.28. The van der Waals surface area contributed by atoms with E-state index < -0.39 is 20.8 Å². The summed E-state index contributed by atoms with van der Waals surface area (Å²) in [6, 6.07) is 6.69. The number of rotatable bonds is 0. The van der Waals surface area contributed by atoms with E-state index in [4.69, 9.17) is 17.0 Å². The molecule has 0 atom stereocenters. The van der Waals surface area contributed by atoms with Gasteiger partial charge in [-0.1, -0.05) is 25.7 Å². The van der Waals surface area contributed by atoms with Crippen molar-refractivity contribution in [3.63, 3.8) is 0 Å². The smallest absolute Gasteiger partial charge is 0.0512 e. The van der Waals surface area contributed by atoms with Gasteiger partial charge >= 0.3 is 37.9 Å². The molecule has 0 radical (unpaired) electrons. The maximum absolute atomic E-state index is 4.93. The first-order valence-electron chi connectivity index (χ1n) is 4.08. The number of hydrogen-bond donors (Lipinski definition) is 0. The van der Waals surface area contributed by atoms with Crippen LogP contribution in [0.25, 0.3) is 0 Å². The molecule has 2 rings (SSSR count). The summed E-state index contributed by atoms with van der Waals surface area (Å²) in [7, 11) is 9.87. The summed E-state index contributed by atoms with van der Waals surface area (Å²) in [6.45, 7) is 0. The molecular formula is C9H11Cl2Zr-. The van der Waals surface area contributed by atoms with Crippen molar-refractivity contribution >= 4 is 17.0 Å². The molecule has 0 saturated carbocycles. The van der Waals surface area contributed by atoms with Crippen LogP contribution in [0.1, 0.15) is 24.0 Å². The molecular weight excluding hydrogens is 270 g/mol. The third-order valence-corrected chi connectivity index (χ3v) is 2.15. The van der Waals surface area contributed by atoms with Crippen molar-refractivity contribution < 1.29 is 20.8 Å². The monoisotopic (exact) mass is 279 g/mol. The van der Waals surface area contributed by atoms with Gasteiger partial charge in [-0.2, -0.15) is 23.3 Å². The van der Waals surface area contributed by atoms with Gasteiger partial charge < -0.3 is 0 Å². The van der Waals surface area contributed by atoms with Gasteiger partial charge in [-0.05, 0) is 0 Å². The second kappa shape index (κ2) is 6.29. The largest absolute Gasteiger partial charge is 0.210 e. The van der Waals surface area contributed by atoms with E-state index in [1.54, 1.807) is 11.1 Å². The van der Waals surface area contributed by atoms with Gasteiger partial charge in [0.2, 0.25) is 0 Å². The maximum atomic E-state index is 4.93. The van der Waals surface area contributed by atoms with Crippen LogP contribution in [0, 0.1) is 0 Å². The fourth-order valence-corrected chi connectivity index (χ4v) is 1.61. The minimum Gasteiger partial charge on any atom is -0.210 e. The van der Waals surface area contributed by atoms with Crippen LogP contribution in [0.5, 0.6) is 0 Å². The molecule has 0 nitrogen and oxygen atoms in total. The zero-order valence-electron chi connectivity index (χ0n) is 6.82. The van der Waals surface area contributed by atoms with Crippen LogP contribution in [0.3, 0.4) is 0 Å². The molecule has 1 aromatic rings. The quantitative estimate of drug-likeness (QED) is 0.637. The Hall–Kier alpha value is 0.813. The Morgan fingerprint density at radius 3 is 2.58 bits per heavy atom. The van der Waals surface area contributed by atoms with Crippen molar-refractivity contribution in [3.8, 4) is 0 Å². The van der Waals surface area contributed by atoms with E-state index in [0.717, 1.165) is 0 Å². The van der Waals surface area contributed by atoms with Gasteiger partial charge in [-0.3, -0.25) is 0 Å². The first-order chi connectivity index (χ1) is 5.88. The van der Waals surface area contributed by atoms with Crippen LogP contribution in [0.4, 0.5) is 0 Å². The molecule has 0 amide bonds. The molecule has 0 saturated heterocycles. The first-order valence-corrected chi connectivity index (χ1v) is 10.4. The normalized spacial score (nSPS) is 14.2. The summed E-state index contributed by atoms with van der Waals surface area (Å²) in [5.41, 5.74) is 3.20. The molecule has 12 heavy (non-hydrogen) atoms. The molecule has 0 bridgehead atoms. The summed E-state index contributed by atoms with van der Waals surface area (Å²) >= 11 is -0.826. The zero-order valence-corrected chi connectivity index (χ0v) is 10.8. The van der Waals surface area contributed by atoms with Crippen LogP contribution in [-0.2, 0) is 33.7 Å². The van der Waals surface area contributed by atoms with Gasteiger partial charge in [0.1, 0.15) is 0 Å². The van der Waals surface area contributed by atoms with E-state index in [-0.39, 0.29) is 0 Å². The average molecular weight is 281 g/mol. The Labute approximate surface area is 92.3 Å². The van der Waals surface area contributed by atoms with Crippen molar-refractivity contribution in [3.05, 3.63) is 29.3 Å². The molecule has 0 unspecified atom stereocenters. The summed E-state index contributed by atoms with van der Waals surface area (Å²) in [5, 5.41) is 0. The van der Waals surface area contributed by atoms with Crippen LogP contribution in [-0.4, -0.2) is 0 Å². The predicted octanol–water partition coefficient (Wildman–Crippen LogP) is 3.66. The Balaban J connectivity index is 0.000000213. The Bertz CT molecular complexity index is 200. The van der Waals surface area contributed by atoms with E-state index in [9.17, 15) is 0 Å². The number of aryl methyl sites for hydroxylation is 2. The van der Waals surface area contributed by atoms with Crippen molar-refractivity contribution in [2.45, 2.75) is 25.7 Å². The Morgan fingerprint density at radius 2 is 1.92 bits per heavy atom. The third-order valence-electron chi connectivity index (χ3n) is 2.15. The van der Waals surface area contributed by atoms with Crippen molar-refractivity contribution in [1.82, 2.24) is 0 Å². The van der Waals surface area contributed by atoms with Gasteiger partial charge in [0.05, 0.1) is 0 Å². The predicted molar refractivity (Wildman–Crippen MR) is 50.4 cm³/mol. The summed E-state index contributed by atoms with van der Waals surface area (Å²) < 4.78 is 0. The fraction of sp³-hybridized carbons (Fsp3) is 0.444. The van der Waals surface area contributed by atoms with E-state index in [0.29, 0.717) is 0 Å². The summed E-state index contributed by atoms with van der Waals surface area (Å²) in [4.78, 5) is 0. The minimum atomic E-state index is -0.826. The molecule has 0 aromatic heterocycles. The zero-order chi connectivity index (χ0) is 8.81. The summed E-state index contributed by atoms with van der Waals surface area (Å²) in [6.07, 6.45) is 5.44. The molecule has 1 aliphatic carbocycles. The SMILES string of the molecule is [Cl][Zr][Cl].c1cc2c([cH-]1)CCCC2. The maximum Gasteiger partial charge on any atom is -0.0512 e. The van der Waals surface area contributed by atoms with Gasteiger partial charge in [-0.15, -0.1) is 0 Å². The average Bonchev–Trinajstić information content (AvgIpc) is 2.52. The molecule has 0 aliphatic heterocycles. The Morgan fingerprint density at radius 1 is 1.25 bits per heavy atom. The molecule has 0 heterocycles. The topological polar surface area (TPSA) is 0 Å². The molecule has 1 aliphatic rings. The van der Waals surface area contributed by atoms with Crippen LogP contribution in [0.2, 0.25) is 0 Å². The van der Waals surface area contributed by atoms with E-state index in [1.807, 2.05) is 0 Å². The Kier molecular flexibility index (Phi) is 5.71. The summed E-state index contributed by atoms with van der Waals surface area (Å²) in [5.74, 6) is 0. The number of hydrogen-bond acceptors (Lipinski definition) is 0. The fourth-order valence-electron chi connectivity index (χ4n) is 1.61. The standard InChI is InChI=1S/C9H11.2ClH.Zr/c1-2-5-9-7-3-6-8(9)4-1;;;/h3,6-7H,1-2,4-5H2;2*1H;/q-1;;;+2/p-2. The minimum absolute atomic E-state index is 0.826. The van der Waals surface area contributed by atoms with Crippen molar-refractivity contribution in [1.29, 1.82) is 0 Å². The van der Waals surface area contributed by atoms with Gasteiger partial charge in [0.15, 0.2) is 0 Å². The number of fused-ring (bicyclic) bond motifs is 1.